The predicted molar refractivity (Wildman–Crippen MR) is 72.9 cm³/mol. The van der Waals surface area contributed by atoms with Crippen LogP contribution >= 0.6 is 27.5 Å². The first-order valence-corrected chi connectivity index (χ1v) is 7.08. The Bertz CT molecular complexity index is 363. The summed E-state index contributed by atoms with van der Waals surface area (Å²) in [6.45, 7) is 3.14. The summed E-state index contributed by atoms with van der Waals surface area (Å²) in [5.41, 5.74) is 1.24. The molecule has 1 aromatic carbocycles. The zero-order valence-corrected chi connectivity index (χ0v) is 11.8. The van der Waals surface area contributed by atoms with Crippen molar-refractivity contribution in [3.05, 3.63) is 33.3 Å². The van der Waals surface area contributed by atoms with E-state index in [-0.39, 0.29) is 0 Å². The average molecular weight is 303 g/mol. The van der Waals surface area contributed by atoms with E-state index in [1.165, 1.54) is 24.8 Å². The third kappa shape index (κ3) is 2.44. The smallest absolute Gasteiger partial charge is 0.0595 e. The van der Waals surface area contributed by atoms with Crippen molar-refractivity contribution in [3.8, 4) is 0 Å². The van der Waals surface area contributed by atoms with Gasteiger partial charge in [-0.25, -0.2) is 0 Å². The lowest BCUT2D eigenvalue weighted by Crippen LogP contribution is -2.32. The van der Waals surface area contributed by atoms with Gasteiger partial charge in [0.2, 0.25) is 0 Å². The van der Waals surface area contributed by atoms with Crippen LogP contribution in [-0.4, -0.2) is 6.54 Å². The fourth-order valence-electron chi connectivity index (χ4n) is 2.28. The second kappa shape index (κ2) is 5.52. The topological polar surface area (TPSA) is 12.0 Å². The van der Waals surface area contributed by atoms with Crippen molar-refractivity contribution in [2.75, 3.05) is 6.54 Å². The third-order valence-electron chi connectivity index (χ3n) is 3.36. The number of hydrogen-bond acceptors (Lipinski definition) is 1. The van der Waals surface area contributed by atoms with Crippen LogP contribution in [0.15, 0.2) is 22.7 Å². The molecule has 1 atom stereocenters. The monoisotopic (exact) mass is 301 g/mol. The first-order chi connectivity index (χ1) is 7.74. The standard InChI is InChI=1S/C13H17BrClN/c1-2-16-13(9-5-3-6-9)10-7-4-8-11(14)12(10)15/h4,7-9,13,16H,2-3,5-6H2,1H3. The lowest BCUT2D eigenvalue weighted by Gasteiger charge is -2.35. The first kappa shape index (κ1) is 12.4. The molecule has 0 heterocycles. The van der Waals surface area contributed by atoms with Gasteiger partial charge >= 0.3 is 0 Å². The van der Waals surface area contributed by atoms with Crippen LogP contribution in [0.4, 0.5) is 0 Å². The van der Waals surface area contributed by atoms with Gasteiger partial charge in [-0.15, -0.1) is 0 Å². The van der Waals surface area contributed by atoms with Gasteiger partial charge in [0, 0.05) is 10.5 Å². The highest BCUT2D eigenvalue weighted by Crippen LogP contribution is 2.41. The maximum atomic E-state index is 6.36. The van der Waals surface area contributed by atoms with Gasteiger partial charge in [-0.1, -0.05) is 37.1 Å². The van der Waals surface area contributed by atoms with E-state index in [0.29, 0.717) is 6.04 Å². The average Bonchev–Trinajstić information content (AvgIpc) is 2.19. The Morgan fingerprint density at radius 1 is 1.50 bits per heavy atom. The SMILES string of the molecule is CCNC(c1cccc(Br)c1Cl)C1CCC1. The molecule has 0 aliphatic heterocycles. The van der Waals surface area contributed by atoms with Gasteiger partial charge in [0.15, 0.2) is 0 Å². The minimum atomic E-state index is 0.420. The molecular formula is C13H17BrClN. The summed E-state index contributed by atoms with van der Waals surface area (Å²) >= 11 is 9.86. The molecule has 1 fully saturated rings. The first-order valence-electron chi connectivity index (χ1n) is 5.91. The highest BCUT2D eigenvalue weighted by atomic mass is 79.9. The summed E-state index contributed by atoms with van der Waals surface area (Å²) in [6, 6.07) is 6.62. The molecule has 0 amide bonds. The quantitative estimate of drug-likeness (QED) is 0.860. The van der Waals surface area contributed by atoms with E-state index in [9.17, 15) is 0 Å². The van der Waals surface area contributed by atoms with Gasteiger partial charge in [-0.05, 0) is 52.9 Å². The molecule has 0 radical (unpaired) electrons. The number of hydrogen-bond donors (Lipinski definition) is 1. The molecule has 1 aromatic rings. The highest BCUT2D eigenvalue weighted by Gasteiger charge is 2.29. The lowest BCUT2D eigenvalue weighted by molar-refractivity contribution is 0.233. The van der Waals surface area contributed by atoms with E-state index in [2.05, 4.69) is 40.3 Å². The molecule has 1 N–H and O–H groups in total. The highest BCUT2D eigenvalue weighted by molar-refractivity contribution is 9.10. The van der Waals surface area contributed by atoms with Crippen molar-refractivity contribution in [1.29, 1.82) is 0 Å². The van der Waals surface area contributed by atoms with E-state index in [1.807, 2.05) is 6.07 Å². The molecule has 1 aliphatic carbocycles. The van der Waals surface area contributed by atoms with Gasteiger partial charge in [0.1, 0.15) is 0 Å². The van der Waals surface area contributed by atoms with Gasteiger partial charge < -0.3 is 5.32 Å². The van der Waals surface area contributed by atoms with Crippen LogP contribution in [0.3, 0.4) is 0 Å². The molecule has 1 saturated carbocycles. The largest absolute Gasteiger partial charge is 0.310 e. The summed E-state index contributed by atoms with van der Waals surface area (Å²) in [5.74, 6) is 0.756. The van der Waals surface area contributed by atoms with Crippen LogP contribution in [0.25, 0.3) is 0 Å². The van der Waals surface area contributed by atoms with Crippen LogP contribution in [0.2, 0.25) is 5.02 Å². The van der Waals surface area contributed by atoms with Crippen molar-refractivity contribution in [1.82, 2.24) is 5.32 Å². The molecule has 1 nitrogen and oxygen atoms in total. The number of nitrogens with one attached hydrogen (secondary N) is 1. The van der Waals surface area contributed by atoms with E-state index in [4.69, 9.17) is 11.6 Å². The Labute approximate surface area is 111 Å². The van der Waals surface area contributed by atoms with Crippen LogP contribution in [0, 0.1) is 5.92 Å². The van der Waals surface area contributed by atoms with Gasteiger partial charge in [0.25, 0.3) is 0 Å². The summed E-state index contributed by atoms with van der Waals surface area (Å²) in [4.78, 5) is 0. The Balaban J connectivity index is 2.26. The third-order valence-corrected chi connectivity index (χ3v) is 4.67. The Morgan fingerprint density at radius 2 is 2.25 bits per heavy atom. The van der Waals surface area contributed by atoms with Crippen molar-refractivity contribution in [3.63, 3.8) is 0 Å². The normalized spacial score (nSPS) is 18.2. The zero-order chi connectivity index (χ0) is 11.5. The molecule has 88 valence electrons. The minimum absolute atomic E-state index is 0.420. The van der Waals surface area contributed by atoms with Crippen LogP contribution in [-0.2, 0) is 0 Å². The summed E-state index contributed by atoms with van der Waals surface area (Å²) in [6.07, 6.45) is 4.00. The second-order valence-electron chi connectivity index (χ2n) is 4.37. The maximum Gasteiger partial charge on any atom is 0.0595 e. The van der Waals surface area contributed by atoms with E-state index >= 15 is 0 Å². The van der Waals surface area contributed by atoms with Crippen molar-refractivity contribution < 1.29 is 0 Å². The van der Waals surface area contributed by atoms with Crippen LogP contribution in [0.5, 0.6) is 0 Å². The molecule has 1 unspecified atom stereocenters. The van der Waals surface area contributed by atoms with Gasteiger partial charge in [-0.3, -0.25) is 0 Å². The number of benzene rings is 1. The predicted octanol–water partition coefficient (Wildman–Crippen LogP) is 4.55. The molecule has 0 bridgehead atoms. The Hall–Kier alpha value is -0.0500. The Morgan fingerprint density at radius 3 is 2.81 bits per heavy atom. The molecule has 0 aromatic heterocycles. The van der Waals surface area contributed by atoms with Gasteiger partial charge in [-0.2, -0.15) is 0 Å². The number of rotatable bonds is 4. The molecule has 0 saturated heterocycles. The van der Waals surface area contributed by atoms with Crippen LogP contribution < -0.4 is 5.32 Å². The minimum Gasteiger partial charge on any atom is -0.310 e. The van der Waals surface area contributed by atoms with Crippen LogP contribution in [0.1, 0.15) is 37.8 Å². The Kier molecular flexibility index (Phi) is 4.28. The van der Waals surface area contributed by atoms with Crippen molar-refractivity contribution in [2.24, 2.45) is 5.92 Å². The second-order valence-corrected chi connectivity index (χ2v) is 5.60. The molecule has 16 heavy (non-hydrogen) atoms. The van der Waals surface area contributed by atoms with E-state index in [0.717, 1.165) is 22.0 Å². The molecular weight excluding hydrogens is 286 g/mol. The fourth-order valence-corrected chi connectivity index (χ4v) is 2.91. The van der Waals surface area contributed by atoms with Crippen molar-refractivity contribution in [2.45, 2.75) is 32.2 Å². The zero-order valence-electron chi connectivity index (χ0n) is 9.47. The number of halogens is 2. The summed E-state index contributed by atoms with van der Waals surface area (Å²) in [5, 5.41) is 4.43. The van der Waals surface area contributed by atoms with Crippen molar-refractivity contribution >= 4 is 27.5 Å². The molecule has 2 rings (SSSR count). The fraction of sp³-hybridized carbons (Fsp3) is 0.538. The summed E-state index contributed by atoms with van der Waals surface area (Å²) in [7, 11) is 0. The summed E-state index contributed by atoms with van der Waals surface area (Å²) < 4.78 is 0.994. The molecule has 1 aliphatic rings. The maximum absolute atomic E-state index is 6.36. The molecule has 3 heteroatoms. The molecule has 0 spiro atoms. The van der Waals surface area contributed by atoms with Gasteiger partial charge in [0.05, 0.1) is 5.02 Å². The van der Waals surface area contributed by atoms with E-state index in [1.54, 1.807) is 0 Å². The lowest BCUT2D eigenvalue weighted by atomic mass is 9.77. The van der Waals surface area contributed by atoms with E-state index < -0.39 is 0 Å².